The van der Waals surface area contributed by atoms with Crippen molar-refractivity contribution in [1.82, 2.24) is 5.32 Å². The Balaban J connectivity index is 0.000000215. The number of carbonyl (C=O) groups is 4. The van der Waals surface area contributed by atoms with E-state index in [0.29, 0.717) is 48.5 Å². The minimum atomic E-state index is -0.969. The Morgan fingerprint density at radius 2 is 1.70 bits per heavy atom. The van der Waals surface area contributed by atoms with Crippen LogP contribution in [0.1, 0.15) is 84.6 Å². The van der Waals surface area contributed by atoms with Gasteiger partial charge in [-0.1, -0.05) is 82.3 Å². The maximum Gasteiger partial charge on any atom is 0.308 e. The standard InChI is InChI=1S/C24H36O5.C20H21N3O4/c1-5-15(3)24(27)29-21-11-14(2)10-17-7-6-16(4)20(23(17)21)9-8-19-12-18(25)13-22(26)28-19;21-19(22)14-3-1-12(2-4-14)13-5-7-17(8-6-13)27-11-16-9-15(10-18(24)25)20(26)23-16/h6-7,10,14-16,18-21,23,25H,5,8-9,11-13H2,1-4H3;1-8,15-16H,9-11H2,(H3,21,22)(H,23,26)(H,24,25)/t14-,15-,16-,18+,19+,20-,21-,23-;15-,16-/m00/s1. The molecule has 0 bridgehead atoms. The number of ether oxygens (including phenoxy) is 3. The number of carboxylic acids is 1. The molecule has 2 aliphatic carbocycles. The Bertz CT molecular complexity index is 1770. The molecule has 0 saturated carbocycles. The molecule has 2 aromatic rings. The number of carboxylic acid groups (broad SMARTS) is 1. The summed E-state index contributed by atoms with van der Waals surface area (Å²) in [5.74, 6) is -0.217. The number of amidine groups is 1. The molecule has 0 radical (unpaired) electrons. The molecule has 2 fully saturated rings. The van der Waals surface area contributed by atoms with Crippen LogP contribution < -0.4 is 15.8 Å². The van der Waals surface area contributed by atoms with Gasteiger partial charge < -0.3 is 35.5 Å². The van der Waals surface area contributed by atoms with Crippen molar-refractivity contribution < 1.29 is 43.6 Å². The summed E-state index contributed by atoms with van der Waals surface area (Å²) in [6, 6.07) is 14.8. The van der Waals surface area contributed by atoms with E-state index in [4.69, 9.17) is 30.5 Å². The Hall–Kier alpha value is -4.97. The highest BCUT2D eigenvalue weighted by Gasteiger charge is 2.42. The number of hydrogen-bond acceptors (Lipinski definition) is 9. The van der Waals surface area contributed by atoms with Crippen LogP contribution in [0.15, 0.2) is 72.3 Å². The Labute approximate surface area is 329 Å². The Kier molecular flexibility index (Phi) is 14.5. The zero-order valence-corrected chi connectivity index (χ0v) is 32.8. The molecule has 12 nitrogen and oxygen atoms in total. The molecule has 2 aromatic carbocycles. The number of aliphatic carboxylic acids is 1. The lowest BCUT2D eigenvalue weighted by Gasteiger charge is -2.43. The number of cyclic esters (lactones) is 1. The number of nitrogens with two attached hydrogens (primary N) is 1. The number of nitrogens with one attached hydrogen (secondary N) is 2. The van der Waals surface area contributed by atoms with E-state index in [9.17, 15) is 24.3 Å². The smallest absolute Gasteiger partial charge is 0.308 e. The van der Waals surface area contributed by atoms with Crippen LogP contribution >= 0.6 is 0 Å². The lowest BCUT2D eigenvalue weighted by Crippen LogP contribution is -2.42. The Morgan fingerprint density at radius 1 is 1.02 bits per heavy atom. The summed E-state index contributed by atoms with van der Waals surface area (Å²) in [6.07, 6.45) is 10.0. The first-order chi connectivity index (χ1) is 26.7. The van der Waals surface area contributed by atoms with Crippen LogP contribution in [0.3, 0.4) is 0 Å². The second-order valence-corrected chi connectivity index (χ2v) is 15.9. The molecule has 56 heavy (non-hydrogen) atoms. The maximum atomic E-state index is 12.5. The molecule has 0 aromatic heterocycles. The number of aliphatic hydroxyl groups is 1. The van der Waals surface area contributed by atoms with Crippen molar-refractivity contribution >= 4 is 29.7 Å². The first kappa shape index (κ1) is 42.2. The molecule has 6 N–H and O–H groups in total. The Morgan fingerprint density at radius 3 is 2.32 bits per heavy atom. The zero-order valence-electron chi connectivity index (χ0n) is 32.8. The molecule has 10 atom stereocenters. The van der Waals surface area contributed by atoms with Gasteiger partial charge in [0.25, 0.3) is 0 Å². The van der Waals surface area contributed by atoms with Gasteiger partial charge in [0, 0.05) is 17.9 Å². The molecular weight excluding hydrogens is 714 g/mol. The number of rotatable bonds is 13. The number of benzene rings is 2. The topological polar surface area (TPSA) is 198 Å². The largest absolute Gasteiger partial charge is 0.491 e. The molecular formula is C44H57N3O9. The zero-order chi connectivity index (χ0) is 40.5. The first-order valence-electron chi connectivity index (χ1n) is 19.9. The second kappa shape index (κ2) is 19.3. The van der Waals surface area contributed by atoms with E-state index in [1.54, 1.807) is 12.1 Å². The van der Waals surface area contributed by atoms with Crippen molar-refractivity contribution in [2.75, 3.05) is 6.61 Å². The van der Waals surface area contributed by atoms with Crippen molar-refractivity contribution in [2.24, 2.45) is 41.2 Å². The van der Waals surface area contributed by atoms with Crippen LogP contribution in [0.25, 0.3) is 11.1 Å². The van der Waals surface area contributed by atoms with Gasteiger partial charge in [0.2, 0.25) is 5.91 Å². The average molecular weight is 772 g/mol. The van der Waals surface area contributed by atoms with Crippen LogP contribution in [-0.2, 0) is 28.7 Å². The number of nitrogen functional groups attached to an aromatic ring is 1. The van der Waals surface area contributed by atoms with Gasteiger partial charge in [0.15, 0.2) is 0 Å². The summed E-state index contributed by atoms with van der Waals surface area (Å²) in [5, 5.41) is 28.9. The number of amides is 1. The number of esters is 2. The van der Waals surface area contributed by atoms with Gasteiger partial charge in [-0.05, 0) is 78.7 Å². The predicted octanol–water partition coefficient (Wildman–Crippen LogP) is 6.19. The van der Waals surface area contributed by atoms with E-state index in [1.807, 2.05) is 50.2 Å². The highest BCUT2D eigenvalue weighted by molar-refractivity contribution is 5.95. The molecule has 12 heteroatoms. The van der Waals surface area contributed by atoms with Crippen LogP contribution in [0, 0.1) is 40.9 Å². The van der Waals surface area contributed by atoms with Crippen LogP contribution in [-0.4, -0.2) is 70.8 Å². The lowest BCUT2D eigenvalue weighted by molar-refractivity contribution is -0.162. The molecule has 302 valence electrons. The summed E-state index contributed by atoms with van der Waals surface area (Å²) < 4.78 is 17.2. The van der Waals surface area contributed by atoms with Crippen LogP contribution in [0.5, 0.6) is 5.75 Å². The number of fused-ring (bicyclic) bond motifs is 1. The molecule has 2 heterocycles. The predicted molar refractivity (Wildman–Crippen MR) is 212 cm³/mol. The molecule has 0 spiro atoms. The highest BCUT2D eigenvalue weighted by Crippen LogP contribution is 2.45. The molecule has 2 aliphatic heterocycles. The fourth-order valence-corrected chi connectivity index (χ4v) is 8.18. The third-order valence-corrected chi connectivity index (χ3v) is 11.5. The van der Waals surface area contributed by atoms with E-state index < -0.39 is 18.0 Å². The summed E-state index contributed by atoms with van der Waals surface area (Å²) in [4.78, 5) is 46.7. The van der Waals surface area contributed by atoms with E-state index in [0.717, 1.165) is 36.8 Å². The first-order valence-corrected chi connectivity index (χ1v) is 19.9. The van der Waals surface area contributed by atoms with E-state index in [1.165, 1.54) is 5.57 Å². The molecule has 4 aliphatic rings. The van der Waals surface area contributed by atoms with Crippen molar-refractivity contribution in [1.29, 1.82) is 5.41 Å². The van der Waals surface area contributed by atoms with Crippen LogP contribution in [0.2, 0.25) is 0 Å². The maximum absolute atomic E-state index is 12.5. The minimum Gasteiger partial charge on any atom is -0.491 e. The normalized spacial score (nSPS) is 28.7. The van der Waals surface area contributed by atoms with Crippen molar-refractivity contribution in [3.8, 4) is 16.9 Å². The van der Waals surface area contributed by atoms with Gasteiger partial charge in [0.1, 0.15) is 30.4 Å². The summed E-state index contributed by atoms with van der Waals surface area (Å²) in [7, 11) is 0. The number of hydrogen-bond donors (Lipinski definition) is 5. The third-order valence-electron chi connectivity index (χ3n) is 11.5. The number of allylic oxidation sites excluding steroid dienone is 3. The van der Waals surface area contributed by atoms with Gasteiger partial charge in [0.05, 0.1) is 36.8 Å². The lowest BCUT2D eigenvalue weighted by atomic mass is 9.65. The van der Waals surface area contributed by atoms with E-state index in [-0.39, 0.29) is 66.6 Å². The molecule has 2 saturated heterocycles. The fraction of sp³-hybridized carbons (Fsp3) is 0.523. The summed E-state index contributed by atoms with van der Waals surface area (Å²) in [5.41, 5.74) is 9.42. The van der Waals surface area contributed by atoms with Crippen molar-refractivity contribution in [3.63, 3.8) is 0 Å². The summed E-state index contributed by atoms with van der Waals surface area (Å²) in [6.45, 7) is 8.63. The van der Waals surface area contributed by atoms with Gasteiger partial charge in [-0.2, -0.15) is 0 Å². The second-order valence-electron chi connectivity index (χ2n) is 15.9. The van der Waals surface area contributed by atoms with E-state index >= 15 is 0 Å². The fourth-order valence-electron chi connectivity index (χ4n) is 8.18. The SMILES string of the molecule is CC[C@H](C)C(=O)O[C@H]1C[C@@H](C)C=C2C=C[C@H](C)[C@H](CC[C@@H]3C[C@@H](O)CC(=O)O3)[C@H]21.N=C(N)c1ccc(-c2ccc(OC[C@@H]3C[C@@H](CC(=O)O)C(=O)N3)cc2)cc1. The minimum absolute atomic E-state index is 0.0369. The van der Waals surface area contributed by atoms with Crippen molar-refractivity contribution in [3.05, 3.63) is 77.9 Å². The quantitative estimate of drug-likeness (QED) is 0.0889. The van der Waals surface area contributed by atoms with Gasteiger partial charge in [-0.3, -0.25) is 24.6 Å². The van der Waals surface area contributed by atoms with Gasteiger partial charge in [-0.25, -0.2) is 0 Å². The molecule has 0 unspecified atom stereocenters. The molecule has 6 rings (SSSR count). The van der Waals surface area contributed by atoms with Crippen LogP contribution in [0.4, 0.5) is 0 Å². The third kappa shape index (κ3) is 11.3. The number of carbonyl (C=O) groups excluding carboxylic acids is 3. The molecule has 1 amide bonds. The van der Waals surface area contributed by atoms with Gasteiger partial charge in [-0.15, -0.1) is 0 Å². The van der Waals surface area contributed by atoms with Crippen molar-refractivity contribution in [2.45, 2.75) is 103 Å². The highest BCUT2D eigenvalue weighted by atomic mass is 16.6. The van der Waals surface area contributed by atoms with Gasteiger partial charge >= 0.3 is 17.9 Å². The average Bonchev–Trinajstić information content (AvgIpc) is 3.50. The summed E-state index contributed by atoms with van der Waals surface area (Å²) >= 11 is 0. The van der Waals surface area contributed by atoms with E-state index in [2.05, 4.69) is 37.4 Å². The number of aliphatic hydroxyl groups excluding tert-OH is 1. The monoisotopic (exact) mass is 771 g/mol.